The molecule has 0 unspecified atom stereocenters. The van der Waals surface area contributed by atoms with Gasteiger partial charge < -0.3 is 11.2 Å². The van der Waals surface area contributed by atoms with Crippen molar-refractivity contribution < 1.29 is 18.4 Å². The molecule has 7 nitrogen and oxygen atoms in total. The molecular formula is C10H15N3O4S. The van der Waals surface area contributed by atoms with Gasteiger partial charge in [-0.05, 0) is 25.1 Å². The summed E-state index contributed by atoms with van der Waals surface area (Å²) in [6.45, 7) is 1.37. The third-order valence-electron chi connectivity index (χ3n) is 1.89. The zero-order chi connectivity index (χ0) is 12.9. The fourth-order valence-corrected chi connectivity index (χ4v) is 1.00. The molecule has 100 valence electrons. The first kappa shape index (κ1) is 16.2. The van der Waals surface area contributed by atoms with Crippen molar-refractivity contribution in [3.8, 4) is 0 Å². The largest absolute Gasteiger partial charge is 0.412 e. The predicted octanol–water partition coefficient (Wildman–Crippen LogP) is 0.281. The Hall–Kier alpha value is -1.77. The summed E-state index contributed by atoms with van der Waals surface area (Å²) in [4.78, 5) is 8.19. The van der Waals surface area contributed by atoms with Gasteiger partial charge in [0.25, 0.3) is 10.1 Å². The van der Waals surface area contributed by atoms with Crippen LogP contribution in [-0.2, 0) is 10.1 Å². The number of hydrogen-bond donors (Lipinski definition) is 2. The first-order valence-corrected chi connectivity index (χ1v) is 6.45. The number of hydrogen-bond acceptors (Lipinski definition) is 5. The Bertz CT molecular complexity index is 596. The van der Waals surface area contributed by atoms with E-state index in [2.05, 4.69) is 9.97 Å². The maximum Gasteiger partial charge on any atom is 0.264 e. The summed E-state index contributed by atoms with van der Waals surface area (Å²) in [5, 5.41) is 0. The van der Waals surface area contributed by atoms with Gasteiger partial charge in [-0.1, -0.05) is 0 Å². The van der Waals surface area contributed by atoms with Crippen LogP contribution >= 0.6 is 0 Å². The second kappa shape index (κ2) is 6.84. The van der Waals surface area contributed by atoms with E-state index >= 15 is 0 Å². The molecule has 18 heavy (non-hydrogen) atoms. The first-order valence-electron chi connectivity index (χ1n) is 4.84. The van der Waals surface area contributed by atoms with Gasteiger partial charge in [0, 0.05) is 12.4 Å². The molecule has 0 radical (unpaired) electrons. The van der Waals surface area contributed by atoms with E-state index in [1.165, 1.54) is 6.92 Å². The van der Waals surface area contributed by atoms with Crippen LogP contribution in [-0.4, -0.2) is 34.2 Å². The molecule has 0 aliphatic carbocycles. The van der Waals surface area contributed by atoms with Crippen molar-refractivity contribution in [2.75, 3.05) is 11.5 Å². The molecular weight excluding hydrogens is 258 g/mol. The second-order valence-corrected chi connectivity index (χ2v) is 4.88. The Kier molecular flexibility index (Phi) is 6.17. The summed E-state index contributed by atoms with van der Waals surface area (Å²) in [7, 11) is -3.66. The molecule has 0 saturated carbocycles. The molecule has 2 heterocycles. The van der Waals surface area contributed by atoms with E-state index in [1.54, 1.807) is 18.5 Å². The lowest BCUT2D eigenvalue weighted by molar-refractivity contribution is 0.484. The number of rotatable bonds is 1. The van der Waals surface area contributed by atoms with E-state index in [4.69, 9.17) is 10.3 Å². The highest BCUT2D eigenvalue weighted by molar-refractivity contribution is 7.85. The summed E-state index contributed by atoms with van der Waals surface area (Å²) in [6, 6.07) is 5.48. The molecule has 8 heteroatoms. The molecule has 0 aliphatic rings. The number of pyridine rings is 2. The molecule has 2 aromatic heterocycles. The third kappa shape index (κ3) is 5.04. The Morgan fingerprint density at radius 1 is 1.28 bits per heavy atom. The SMILES string of the molecule is CCS(=O)(=O)O.Nc1ccnc2cccnc12.O. The van der Waals surface area contributed by atoms with Crippen LogP contribution in [0, 0.1) is 0 Å². The van der Waals surface area contributed by atoms with Crippen molar-refractivity contribution >= 4 is 26.8 Å². The fourth-order valence-electron chi connectivity index (χ4n) is 1.00. The minimum Gasteiger partial charge on any atom is -0.412 e. The van der Waals surface area contributed by atoms with Gasteiger partial charge in [0.1, 0.15) is 5.52 Å². The first-order chi connectivity index (χ1) is 7.94. The van der Waals surface area contributed by atoms with Gasteiger partial charge >= 0.3 is 0 Å². The Labute approximate surface area is 105 Å². The van der Waals surface area contributed by atoms with Crippen LogP contribution in [0.3, 0.4) is 0 Å². The average molecular weight is 273 g/mol. The van der Waals surface area contributed by atoms with E-state index in [0.717, 1.165) is 11.0 Å². The van der Waals surface area contributed by atoms with Crippen LogP contribution < -0.4 is 5.73 Å². The minimum absolute atomic E-state index is 0. The lowest BCUT2D eigenvalue weighted by Gasteiger charge is -1.96. The van der Waals surface area contributed by atoms with Gasteiger partial charge in [-0.3, -0.25) is 14.5 Å². The molecule has 0 atom stereocenters. The zero-order valence-electron chi connectivity index (χ0n) is 9.74. The van der Waals surface area contributed by atoms with E-state index < -0.39 is 10.1 Å². The fraction of sp³-hybridized carbons (Fsp3) is 0.200. The van der Waals surface area contributed by atoms with Crippen molar-refractivity contribution in [3.05, 3.63) is 30.6 Å². The minimum atomic E-state index is -3.66. The van der Waals surface area contributed by atoms with Crippen LogP contribution in [0.4, 0.5) is 5.69 Å². The van der Waals surface area contributed by atoms with Crippen LogP contribution in [0.25, 0.3) is 11.0 Å². The van der Waals surface area contributed by atoms with E-state index in [9.17, 15) is 8.42 Å². The lowest BCUT2D eigenvalue weighted by atomic mass is 10.3. The number of nitrogens with zero attached hydrogens (tertiary/aromatic N) is 2. The molecule has 2 aromatic rings. The highest BCUT2D eigenvalue weighted by atomic mass is 32.2. The lowest BCUT2D eigenvalue weighted by Crippen LogP contribution is -1.97. The molecule has 0 fully saturated rings. The summed E-state index contributed by atoms with van der Waals surface area (Å²) in [6.07, 6.45) is 3.39. The monoisotopic (exact) mass is 273 g/mol. The Morgan fingerprint density at radius 2 is 1.89 bits per heavy atom. The van der Waals surface area contributed by atoms with Crippen molar-refractivity contribution in [2.24, 2.45) is 0 Å². The molecule has 0 saturated heterocycles. The van der Waals surface area contributed by atoms with E-state index in [0.29, 0.717) is 5.69 Å². The summed E-state index contributed by atoms with van der Waals surface area (Å²) >= 11 is 0. The van der Waals surface area contributed by atoms with Crippen LogP contribution in [0.1, 0.15) is 6.92 Å². The van der Waals surface area contributed by atoms with Crippen molar-refractivity contribution in [2.45, 2.75) is 6.92 Å². The van der Waals surface area contributed by atoms with Crippen LogP contribution in [0.5, 0.6) is 0 Å². The number of aromatic nitrogens is 2. The quantitative estimate of drug-likeness (QED) is 0.716. The third-order valence-corrected chi connectivity index (χ3v) is 2.62. The zero-order valence-corrected chi connectivity index (χ0v) is 10.6. The van der Waals surface area contributed by atoms with E-state index in [-0.39, 0.29) is 11.2 Å². The molecule has 0 amide bonds. The Balaban J connectivity index is 0.000000362. The van der Waals surface area contributed by atoms with Crippen LogP contribution in [0.2, 0.25) is 0 Å². The number of nitrogens with two attached hydrogens (primary N) is 1. The van der Waals surface area contributed by atoms with Crippen molar-refractivity contribution in [1.82, 2.24) is 9.97 Å². The number of nitrogen functional groups attached to an aromatic ring is 1. The highest BCUT2D eigenvalue weighted by Crippen LogP contribution is 2.13. The maximum atomic E-state index is 9.56. The molecule has 5 N–H and O–H groups in total. The van der Waals surface area contributed by atoms with Gasteiger partial charge in [0.15, 0.2) is 0 Å². The maximum absolute atomic E-state index is 9.56. The van der Waals surface area contributed by atoms with Gasteiger partial charge in [-0.15, -0.1) is 0 Å². The standard InChI is InChI=1S/C8H7N3.C2H6O3S.H2O/c9-6-3-5-10-7-2-1-4-11-8(6)7;1-2-6(3,4)5;/h1-5H,(H2,9,10);2H2,1H3,(H,3,4,5);1H2. The summed E-state index contributed by atoms with van der Waals surface area (Å²) in [5.41, 5.74) is 7.94. The second-order valence-electron chi connectivity index (χ2n) is 3.14. The number of anilines is 1. The molecule has 0 spiro atoms. The summed E-state index contributed by atoms with van der Waals surface area (Å²) < 4.78 is 26.9. The van der Waals surface area contributed by atoms with Crippen molar-refractivity contribution in [1.29, 1.82) is 0 Å². The molecule has 0 aromatic carbocycles. The topological polar surface area (TPSA) is 138 Å². The smallest absolute Gasteiger partial charge is 0.264 e. The summed E-state index contributed by atoms with van der Waals surface area (Å²) in [5.74, 6) is -0.201. The molecule has 0 aliphatic heterocycles. The van der Waals surface area contributed by atoms with Gasteiger partial charge in [-0.25, -0.2) is 0 Å². The highest BCUT2D eigenvalue weighted by Gasteiger charge is 1.96. The predicted molar refractivity (Wildman–Crippen MR) is 69.7 cm³/mol. The van der Waals surface area contributed by atoms with E-state index in [1.807, 2.05) is 12.1 Å². The Morgan fingerprint density at radius 3 is 2.39 bits per heavy atom. The van der Waals surface area contributed by atoms with Gasteiger partial charge in [-0.2, -0.15) is 8.42 Å². The normalized spacial score (nSPS) is 10.1. The van der Waals surface area contributed by atoms with Gasteiger partial charge in [0.2, 0.25) is 0 Å². The number of fused-ring (bicyclic) bond motifs is 1. The molecule has 0 bridgehead atoms. The molecule has 2 rings (SSSR count). The average Bonchev–Trinajstić information content (AvgIpc) is 2.30. The van der Waals surface area contributed by atoms with Gasteiger partial charge in [0.05, 0.1) is 17.0 Å². The van der Waals surface area contributed by atoms with Crippen LogP contribution in [0.15, 0.2) is 30.6 Å². The van der Waals surface area contributed by atoms with Crippen molar-refractivity contribution in [3.63, 3.8) is 0 Å².